The van der Waals surface area contributed by atoms with Gasteiger partial charge in [0.1, 0.15) is 0 Å². The number of anilines is 2. The van der Waals surface area contributed by atoms with Gasteiger partial charge in [0.25, 0.3) is 0 Å². The van der Waals surface area contributed by atoms with Crippen molar-refractivity contribution in [2.75, 3.05) is 29.1 Å². The fourth-order valence-corrected chi connectivity index (χ4v) is 3.96. The van der Waals surface area contributed by atoms with Gasteiger partial charge in [-0.1, -0.05) is 29.5 Å². The molecular formula is C16H20N4O2S2. The summed E-state index contributed by atoms with van der Waals surface area (Å²) in [5.74, 6) is -0.297. The molecule has 1 aromatic heterocycles. The molecule has 8 heteroatoms. The summed E-state index contributed by atoms with van der Waals surface area (Å²) in [5.41, 5.74) is 6.94. The van der Waals surface area contributed by atoms with Gasteiger partial charge >= 0.3 is 0 Å². The van der Waals surface area contributed by atoms with E-state index in [2.05, 4.69) is 10.3 Å². The van der Waals surface area contributed by atoms with E-state index in [0.29, 0.717) is 5.13 Å². The molecule has 6 nitrogen and oxygen atoms in total. The number of primary amides is 1. The number of hydrogen-bond acceptors (Lipinski definition) is 6. The van der Waals surface area contributed by atoms with Crippen molar-refractivity contribution in [1.29, 1.82) is 0 Å². The number of hydrogen-bond donors (Lipinski definition) is 2. The number of aromatic nitrogens is 1. The molecule has 0 atom stereocenters. The van der Waals surface area contributed by atoms with Crippen LogP contribution in [0.1, 0.15) is 12.6 Å². The van der Waals surface area contributed by atoms with E-state index >= 15 is 0 Å². The van der Waals surface area contributed by atoms with Crippen LogP contribution in [0.5, 0.6) is 0 Å². The minimum absolute atomic E-state index is 0.124. The summed E-state index contributed by atoms with van der Waals surface area (Å²) in [6.07, 6.45) is 0. The number of nitrogens with one attached hydrogen (secondary N) is 1. The van der Waals surface area contributed by atoms with Crippen LogP contribution < -0.4 is 16.0 Å². The van der Waals surface area contributed by atoms with Crippen LogP contribution in [-0.4, -0.2) is 35.6 Å². The third kappa shape index (κ3) is 5.24. The molecule has 24 heavy (non-hydrogen) atoms. The Labute approximate surface area is 149 Å². The number of benzene rings is 1. The van der Waals surface area contributed by atoms with Gasteiger partial charge in [0.05, 0.1) is 22.2 Å². The predicted octanol–water partition coefficient (Wildman–Crippen LogP) is 2.49. The summed E-state index contributed by atoms with van der Waals surface area (Å²) in [6, 6.07) is 9.79. The van der Waals surface area contributed by atoms with Gasteiger partial charge in [-0.3, -0.25) is 9.59 Å². The zero-order valence-corrected chi connectivity index (χ0v) is 15.2. The average Bonchev–Trinajstić information content (AvgIpc) is 2.90. The number of amides is 2. The third-order valence-electron chi connectivity index (χ3n) is 3.18. The van der Waals surface area contributed by atoms with E-state index in [1.807, 2.05) is 49.1 Å². The molecule has 0 aliphatic heterocycles. The first-order chi connectivity index (χ1) is 11.5. The molecular weight excluding hydrogens is 344 g/mol. The molecule has 3 N–H and O–H groups in total. The van der Waals surface area contributed by atoms with Crippen LogP contribution in [0.3, 0.4) is 0 Å². The first kappa shape index (κ1) is 18.3. The molecule has 0 radical (unpaired) electrons. The van der Waals surface area contributed by atoms with E-state index in [1.165, 1.54) is 23.1 Å². The van der Waals surface area contributed by atoms with Crippen molar-refractivity contribution in [2.45, 2.75) is 18.1 Å². The van der Waals surface area contributed by atoms with Gasteiger partial charge in [-0.15, -0.1) is 11.8 Å². The number of carbonyl (C=O) groups excluding carboxylic acids is 2. The summed E-state index contributed by atoms with van der Waals surface area (Å²) in [6.45, 7) is 4.83. The number of nitrogens with two attached hydrogens (primary N) is 1. The molecule has 1 heterocycles. The van der Waals surface area contributed by atoms with Gasteiger partial charge in [0.15, 0.2) is 5.13 Å². The molecule has 0 bridgehead atoms. The number of nitrogens with zero attached hydrogens (tertiary/aromatic N) is 2. The lowest BCUT2D eigenvalue weighted by atomic mass is 10.3. The lowest BCUT2D eigenvalue weighted by molar-refractivity contribution is -0.116. The molecule has 2 amide bonds. The Balaban J connectivity index is 1.96. The molecule has 1 aromatic carbocycles. The number of para-hydroxylation sites is 1. The fourth-order valence-electron chi connectivity index (χ4n) is 2.06. The van der Waals surface area contributed by atoms with Gasteiger partial charge in [-0.25, -0.2) is 4.98 Å². The maximum atomic E-state index is 12.3. The van der Waals surface area contributed by atoms with Gasteiger partial charge in [-0.05, 0) is 26.0 Å². The molecule has 0 saturated heterocycles. The highest BCUT2D eigenvalue weighted by molar-refractivity contribution is 8.01. The molecule has 0 unspecified atom stereocenters. The normalized spacial score (nSPS) is 10.4. The van der Waals surface area contributed by atoms with Crippen molar-refractivity contribution in [3.63, 3.8) is 0 Å². The Morgan fingerprint density at radius 3 is 2.67 bits per heavy atom. The number of aryl methyl sites for hydroxylation is 1. The van der Waals surface area contributed by atoms with Crippen LogP contribution in [0.25, 0.3) is 0 Å². The lowest BCUT2D eigenvalue weighted by Gasteiger charge is -2.21. The number of thioether (sulfide) groups is 1. The molecule has 0 spiro atoms. The Morgan fingerprint density at radius 2 is 2.04 bits per heavy atom. The van der Waals surface area contributed by atoms with Crippen LogP contribution in [-0.2, 0) is 9.59 Å². The molecule has 2 aromatic rings. The Hall–Kier alpha value is -2.06. The minimum atomic E-state index is -0.375. The van der Waals surface area contributed by atoms with E-state index in [0.717, 1.165) is 22.1 Å². The third-order valence-corrected chi connectivity index (χ3v) is 5.64. The number of thiazole rings is 1. The zero-order valence-electron chi connectivity index (χ0n) is 13.6. The fraction of sp³-hybridized carbons (Fsp3) is 0.312. The van der Waals surface area contributed by atoms with Crippen molar-refractivity contribution in [3.8, 4) is 0 Å². The Bertz CT molecular complexity index is 703. The summed E-state index contributed by atoms with van der Waals surface area (Å²) < 4.78 is 0.888. The first-order valence-electron chi connectivity index (χ1n) is 7.48. The molecule has 0 aliphatic rings. The number of likely N-dealkylation sites (N-methyl/N-ethyl adjacent to an activating group) is 1. The molecule has 128 valence electrons. The molecule has 0 saturated carbocycles. The summed E-state index contributed by atoms with van der Waals surface area (Å²) >= 11 is 2.69. The van der Waals surface area contributed by atoms with Crippen LogP contribution in [0.2, 0.25) is 0 Å². The van der Waals surface area contributed by atoms with Crippen LogP contribution in [0.15, 0.2) is 34.5 Å². The monoisotopic (exact) mass is 364 g/mol. The summed E-state index contributed by atoms with van der Waals surface area (Å²) in [4.78, 5) is 29.5. The maximum Gasteiger partial charge on any atom is 0.245 e. The number of rotatable bonds is 8. The SMILES string of the molecule is CCN(CC(=O)Nc1nc(C)c(SCC(N)=O)s1)c1ccccc1. The van der Waals surface area contributed by atoms with Crippen LogP contribution in [0, 0.1) is 6.92 Å². The van der Waals surface area contributed by atoms with Crippen molar-refractivity contribution >= 4 is 45.7 Å². The van der Waals surface area contributed by atoms with Gasteiger partial charge in [-0.2, -0.15) is 0 Å². The minimum Gasteiger partial charge on any atom is -0.369 e. The standard InChI is InChI=1S/C16H20N4O2S2/c1-3-20(12-7-5-4-6-8-12)9-14(22)19-16-18-11(2)15(24-16)23-10-13(17)21/h4-8H,3,9-10H2,1-2H3,(H2,17,21)(H,18,19,22). The van der Waals surface area contributed by atoms with E-state index in [9.17, 15) is 9.59 Å². The van der Waals surface area contributed by atoms with Gasteiger partial charge in [0.2, 0.25) is 11.8 Å². The second-order valence-corrected chi connectivity index (χ2v) is 7.29. The number of carbonyl (C=O) groups is 2. The summed E-state index contributed by atoms with van der Waals surface area (Å²) in [5, 5.41) is 3.36. The Morgan fingerprint density at radius 1 is 1.33 bits per heavy atom. The average molecular weight is 364 g/mol. The largest absolute Gasteiger partial charge is 0.369 e. The molecule has 0 fully saturated rings. The second kappa shape index (κ2) is 8.70. The van der Waals surface area contributed by atoms with Crippen molar-refractivity contribution in [2.24, 2.45) is 5.73 Å². The van der Waals surface area contributed by atoms with E-state index in [-0.39, 0.29) is 24.1 Å². The van der Waals surface area contributed by atoms with Crippen molar-refractivity contribution in [3.05, 3.63) is 36.0 Å². The summed E-state index contributed by atoms with van der Waals surface area (Å²) in [7, 11) is 0. The van der Waals surface area contributed by atoms with E-state index in [4.69, 9.17) is 5.73 Å². The molecule has 0 aliphatic carbocycles. The van der Waals surface area contributed by atoms with Gasteiger partial charge in [0, 0.05) is 12.2 Å². The van der Waals surface area contributed by atoms with Crippen LogP contribution >= 0.6 is 23.1 Å². The smallest absolute Gasteiger partial charge is 0.245 e. The van der Waals surface area contributed by atoms with Crippen molar-refractivity contribution in [1.82, 2.24) is 4.98 Å². The van der Waals surface area contributed by atoms with Crippen molar-refractivity contribution < 1.29 is 9.59 Å². The predicted molar refractivity (Wildman–Crippen MR) is 99.7 cm³/mol. The van der Waals surface area contributed by atoms with Crippen LogP contribution in [0.4, 0.5) is 10.8 Å². The highest BCUT2D eigenvalue weighted by atomic mass is 32.2. The zero-order chi connectivity index (χ0) is 17.5. The van der Waals surface area contributed by atoms with E-state index < -0.39 is 0 Å². The lowest BCUT2D eigenvalue weighted by Crippen LogP contribution is -2.33. The van der Waals surface area contributed by atoms with Gasteiger partial charge < -0.3 is 16.0 Å². The highest BCUT2D eigenvalue weighted by Crippen LogP contribution is 2.31. The first-order valence-corrected chi connectivity index (χ1v) is 9.28. The highest BCUT2D eigenvalue weighted by Gasteiger charge is 2.14. The quantitative estimate of drug-likeness (QED) is 0.703. The maximum absolute atomic E-state index is 12.3. The molecule has 2 rings (SSSR count). The Kier molecular flexibility index (Phi) is 6.62. The topological polar surface area (TPSA) is 88.3 Å². The van der Waals surface area contributed by atoms with E-state index in [1.54, 1.807) is 0 Å². The second-order valence-electron chi connectivity index (χ2n) is 5.04.